The average molecular weight is 275 g/mol. The lowest BCUT2D eigenvalue weighted by atomic mass is 10.0. The summed E-state index contributed by atoms with van der Waals surface area (Å²) in [6.45, 7) is 1.74. The molecule has 2 aromatic rings. The third kappa shape index (κ3) is 3.35. The zero-order valence-corrected chi connectivity index (χ0v) is 11.3. The molecule has 1 unspecified atom stereocenters. The first-order valence-corrected chi connectivity index (χ1v) is 6.52. The quantitative estimate of drug-likeness (QED) is 0.786. The van der Waals surface area contributed by atoms with Gasteiger partial charge in [0.1, 0.15) is 11.6 Å². The summed E-state index contributed by atoms with van der Waals surface area (Å²) >= 11 is 0. The molecule has 0 aliphatic rings. The molecule has 20 heavy (non-hydrogen) atoms. The molecule has 0 spiro atoms. The summed E-state index contributed by atoms with van der Waals surface area (Å²) in [7, 11) is 0. The number of phenolic OH excluding ortho intramolecular Hbond substituents is 1. The van der Waals surface area contributed by atoms with E-state index in [1.54, 1.807) is 0 Å². The number of halogens is 1. The lowest BCUT2D eigenvalue weighted by Crippen LogP contribution is -2.27. The first kappa shape index (κ1) is 14.5. The van der Waals surface area contributed by atoms with Crippen LogP contribution in [0.3, 0.4) is 0 Å². The van der Waals surface area contributed by atoms with Gasteiger partial charge in [-0.3, -0.25) is 0 Å². The van der Waals surface area contributed by atoms with Gasteiger partial charge in [-0.25, -0.2) is 4.39 Å². The number of hydrogen-bond donors (Lipinski definition) is 3. The molecule has 3 N–H and O–H groups in total. The standard InChI is InChI=1S/C16H18FNO2/c1-11(14-9-13(17)7-8-16(14)20)18-15(10-19)12-5-3-2-4-6-12/h2-9,11,15,18-20H,10H2,1H3/t11?,15-/m1/s1. The van der Waals surface area contributed by atoms with Gasteiger partial charge in [0.15, 0.2) is 0 Å². The molecule has 0 saturated heterocycles. The highest BCUT2D eigenvalue weighted by Crippen LogP contribution is 2.27. The third-order valence-corrected chi connectivity index (χ3v) is 3.29. The van der Waals surface area contributed by atoms with Gasteiger partial charge in [-0.05, 0) is 30.7 Å². The van der Waals surface area contributed by atoms with E-state index in [1.807, 2.05) is 37.3 Å². The number of rotatable bonds is 5. The van der Waals surface area contributed by atoms with Crippen molar-refractivity contribution in [3.05, 3.63) is 65.5 Å². The monoisotopic (exact) mass is 275 g/mol. The average Bonchev–Trinajstić information content (AvgIpc) is 2.48. The second-order valence-corrected chi connectivity index (χ2v) is 4.74. The minimum absolute atomic E-state index is 0.0381. The van der Waals surface area contributed by atoms with Crippen LogP contribution in [0.15, 0.2) is 48.5 Å². The molecule has 0 bridgehead atoms. The van der Waals surface area contributed by atoms with Crippen molar-refractivity contribution >= 4 is 0 Å². The number of aliphatic hydroxyl groups excluding tert-OH is 1. The molecule has 3 nitrogen and oxygen atoms in total. The highest BCUT2D eigenvalue weighted by atomic mass is 19.1. The second kappa shape index (κ2) is 6.50. The van der Waals surface area contributed by atoms with E-state index in [0.717, 1.165) is 5.56 Å². The van der Waals surface area contributed by atoms with Crippen LogP contribution in [0.4, 0.5) is 4.39 Å². The summed E-state index contributed by atoms with van der Waals surface area (Å²) in [5.41, 5.74) is 1.41. The molecular formula is C16H18FNO2. The number of nitrogens with one attached hydrogen (secondary N) is 1. The normalized spacial score (nSPS) is 13.9. The zero-order chi connectivity index (χ0) is 14.5. The molecule has 0 aliphatic heterocycles. The molecule has 0 saturated carbocycles. The number of aromatic hydroxyl groups is 1. The van der Waals surface area contributed by atoms with Crippen molar-refractivity contribution in [3.8, 4) is 5.75 Å². The maximum Gasteiger partial charge on any atom is 0.123 e. The van der Waals surface area contributed by atoms with E-state index in [9.17, 15) is 14.6 Å². The van der Waals surface area contributed by atoms with Gasteiger partial charge in [-0.15, -0.1) is 0 Å². The Hall–Kier alpha value is -1.91. The summed E-state index contributed by atoms with van der Waals surface area (Å²) in [6, 6.07) is 12.8. The largest absolute Gasteiger partial charge is 0.508 e. The Labute approximate surface area is 117 Å². The lowest BCUT2D eigenvalue weighted by molar-refractivity contribution is 0.234. The van der Waals surface area contributed by atoms with E-state index in [-0.39, 0.29) is 24.4 Å². The SMILES string of the molecule is CC(N[C@H](CO)c1ccccc1)c1cc(F)ccc1O. The van der Waals surface area contributed by atoms with Crippen LogP contribution in [0.1, 0.15) is 30.1 Å². The van der Waals surface area contributed by atoms with Crippen molar-refractivity contribution in [2.24, 2.45) is 0 Å². The Balaban J connectivity index is 2.17. The summed E-state index contributed by atoms with van der Waals surface area (Å²) in [5, 5.41) is 22.5. The van der Waals surface area contributed by atoms with Crippen LogP contribution in [0.5, 0.6) is 5.75 Å². The van der Waals surface area contributed by atoms with Gasteiger partial charge in [0, 0.05) is 11.6 Å². The van der Waals surface area contributed by atoms with Crippen LogP contribution >= 0.6 is 0 Å². The Morgan fingerprint density at radius 2 is 1.85 bits per heavy atom. The number of aliphatic hydroxyl groups is 1. The van der Waals surface area contributed by atoms with E-state index in [2.05, 4.69) is 5.32 Å². The molecule has 0 fully saturated rings. The fourth-order valence-electron chi connectivity index (χ4n) is 2.20. The van der Waals surface area contributed by atoms with E-state index in [0.29, 0.717) is 5.56 Å². The van der Waals surface area contributed by atoms with E-state index >= 15 is 0 Å². The molecule has 4 heteroatoms. The number of hydrogen-bond acceptors (Lipinski definition) is 3. The van der Waals surface area contributed by atoms with Crippen molar-refractivity contribution in [2.45, 2.75) is 19.0 Å². The number of phenols is 1. The van der Waals surface area contributed by atoms with Gasteiger partial charge in [-0.2, -0.15) is 0 Å². The van der Waals surface area contributed by atoms with Crippen molar-refractivity contribution in [3.63, 3.8) is 0 Å². The van der Waals surface area contributed by atoms with Gasteiger partial charge in [0.05, 0.1) is 12.6 Å². The second-order valence-electron chi connectivity index (χ2n) is 4.74. The Bertz CT molecular complexity index is 560. The number of benzene rings is 2. The van der Waals surface area contributed by atoms with Crippen LogP contribution in [-0.2, 0) is 0 Å². The molecule has 0 heterocycles. The molecule has 2 aromatic carbocycles. The van der Waals surface area contributed by atoms with Crippen LogP contribution in [-0.4, -0.2) is 16.8 Å². The third-order valence-electron chi connectivity index (χ3n) is 3.29. The predicted octanol–water partition coefficient (Wildman–Crippen LogP) is 2.92. The zero-order valence-electron chi connectivity index (χ0n) is 11.3. The summed E-state index contributed by atoms with van der Waals surface area (Å²) in [5.74, 6) is -0.358. The minimum atomic E-state index is -0.397. The fourth-order valence-corrected chi connectivity index (χ4v) is 2.20. The van der Waals surface area contributed by atoms with E-state index in [4.69, 9.17) is 0 Å². The molecule has 0 aromatic heterocycles. The highest BCUT2D eigenvalue weighted by Gasteiger charge is 2.17. The molecule has 0 radical (unpaired) electrons. The van der Waals surface area contributed by atoms with Crippen LogP contribution in [0, 0.1) is 5.82 Å². The highest BCUT2D eigenvalue weighted by molar-refractivity contribution is 5.35. The molecule has 2 atom stereocenters. The lowest BCUT2D eigenvalue weighted by Gasteiger charge is -2.23. The summed E-state index contributed by atoms with van der Waals surface area (Å²) in [4.78, 5) is 0. The molecule has 2 rings (SSSR count). The molecule has 0 aliphatic carbocycles. The Morgan fingerprint density at radius 3 is 2.50 bits per heavy atom. The fraction of sp³-hybridized carbons (Fsp3) is 0.250. The Kier molecular flexibility index (Phi) is 4.71. The van der Waals surface area contributed by atoms with Crippen molar-refractivity contribution in [2.75, 3.05) is 6.61 Å². The first-order valence-electron chi connectivity index (χ1n) is 6.52. The maximum absolute atomic E-state index is 13.3. The van der Waals surface area contributed by atoms with E-state index < -0.39 is 5.82 Å². The van der Waals surface area contributed by atoms with Gasteiger partial charge >= 0.3 is 0 Å². The predicted molar refractivity (Wildman–Crippen MR) is 75.9 cm³/mol. The molecular weight excluding hydrogens is 257 g/mol. The minimum Gasteiger partial charge on any atom is -0.508 e. The van der Waals surface area contributed by atoms with Gasteiger partial charge in [0.2, 0.25) is 0 Å². The molecule has 106 valence electrons. The van der Waals surface area contributed by atoms with Gasteiger partial charge in [0.25, 0.3) is 0 Å². The van der Waals surface area contributed by atoms with Crippen molar-refractivity contribution < 1.29 is 14.6 Å². The van der Waals surface area contributed by atoms with Gasteiger partial charge < -0.3 is 15.5 Å². The topological polar surface area (TPSA) is 52.5 Å². The Morgan fingerprint density at radius 1 is 1.15 bits per heavy atom. The summed E-state index contributed by atoms with van der Waals surface area (Å²) in [6.07, 6.45) is 0. The summed E-state index contributed by atoms with van der Waals surface area (Å²) < 4.78 is 13.3. The van der Waals surface area contributed by atoms with Gasteiger partial charge in [-0.1, -0.05) is 30.3 Å². The molecule has 0 amide bonds. The van der Waals surface area contributed by atoms with Crippen LogP contribution < -0.4 is 5.32 Å². The van der Waals surface area contributed by atoms with Crippen molar-refractivity contribution in [1.29, 1.82) is 0 Å². The van der Waals surface area contributed by atoms with Crippen molar-refractivity contribution in [1.82, 2.24) is 5.32 Å². The van der Waals surface area contributed by atoms with Crippen LogP contribution in [0.25, 0.3) is 0 Å². The first-order chi connectivity index (χ1) is 9.61. The van der Waals surface area contributed by atoms with E-state index in [1.165, 1.54) is 18.2 Å². The van der Waals surface area contributed by atoms with Crippen LogP contribution in [0.2, 0.25) is 0 Å². The maximum atomic E-state index is 13.3. The smallest absolute Gasteiger partial charge is 0.123 e.